The Hall–Kier alpha value is -1.31. The number of carbonyl (C=O) groups is 1. The second-order valence-electron chi connectivity index (χ2n) is 4.54. The molecule has 1 rings (SSSR count). The predicted molar refractivity (Wildman–Crippen MR) is 65.4 cm³/mol. The molecule has 0 aromatic heterocycles. The van der Waals surface area contributed by atoms with Crippen molar-refractivity contribution in [3.8, 4) is 0 Å². The molecule has 0 spiro atoms. The third-order valence-corrected chi connectivity index (χ3v) is 2.92. The van der Waals surface area contributed by atoms with E-state index in [2.05, 4.69) is 45.0 Å². The molecular weight excluding hydrogens is 200 g/mol. The van der Waals surface area contributed by atoms with Crippen LogP contribution in [0.15, 0.2) is 24.3 Å². The Bertz CT molecular complexity index is 338. The summed E-state index contributed by atoms with van der Waals surface area (Å²) in [5.74, 6) is 0.536. The van der Waals surface area contributed by atoms with Crippen molar-refractivity contribution in [2.24, 2.45) is 5.92 Å². The van der Waals surface area contributed by atoms with Gasteiger partial charge in [0.25, 0.3) is 0 Å². The molecule has 1 unspecified atom stereocenters. The van der Waals surface area contributed by atoms with E-state index in [1.54, 1.807) is 0 Å². The molecule has 0 amide bonds. The SMILES string of the molecule is COC(=O)CC(c1ccc(C)cc1)C(C)C. The van der Waals surface area contributed by atoms with Crippen molar-refractivity contribution >= 4 is 5.97 Å². The Morgan fingerprint density at radius 2 is 1.81 bits per heavy atom. The molecule has 0 fully saturated rings. The molecule has 2 heteroatoms. The highest BCUT2D eigenvalue weighted by Crippen LogP contribution is 2.28. The molecule has 0 N–H and O–H groups in total. The zero-order valence-electron chi connectivity index (χ0n) is 10.5. The van der Waals surface area contributed by atoms with Crippen LogP contribution in [-0.4, -0.2) is 13.1 Å². The molecule has 1 aromatic rings. The van der Waals surface area contributed by atoms with Crippen molar-refractivity contribution in [1.29, 1.82) is 0 Å². The van der Waals surface area contributed by atoms with Gasteiger partial charge in [0.1, 0.15) is 0 Å². The van der Waals surface area contributed by atoms with Crippen LogP contribution >= 0.6 is 0 Å². The summed E-state index contributed by atoms with van der Waals surface area (Å²) in [4.78, 5) is 11.3. The number of methoxy groups -OCH3 is 1. The topological polar surface area (TPSA) is 26.3 Å². The molecule has 0 saturated heterocycles. The summed E-state index contributed by atoms with van der Waals surface area (Å²) >= 11 is 0. The molecule has 1 aromatic carbocycles. The van der Waals surface area contributed by atoms with E-state index >= 15 is 0 Å². The van der Waals surface area contributed by atoms with Gasteiger partial charge in [-0.05, 0) is 24.3 Å². The van der Waals surface area contributed by atoms with Crippen LogP contribution in [-0.2, 0) is 9.53 Å². The molecule has 0 aliphatic carbocycles. The Kier molecular flexibility index (Phi) is 4.53. The first-order chi connectivity index (χ1) is 7.54. The molecule has 1 atom stereocenters. The van der Waals surface area contributed by atoms with E-state index in [9.17, 15) is 4.79 Å². The van der Waals surface area contributed by atoms with Gasteiger partial charge < -0.3 is 4.74 Å². The van der Waals surface area contributed by atoms with Gasteiger partial charge in [0.15, 0.2) is 0 Å². The molecular formula is C14H20O2. The smallest absolute Gasteiger partial charge is 0.306 e. The second-order valence-corrected chi connectivity index (χ2v) is 4.54. The minimum Gasteiger partial charge on any atom is -0.469 e. The number of rotatable bonds is 4. The van der Waals surface area contributed by atoms with Crippen molar-refractivity contribution in [1.82, 2.24) is 0 Å². The quantitative estimate of drug-likeness (QED) is 0.728. The zero-order chi connectivity index (χ0) is 12.1. The number of esters is 1. The fraction of sp³-hybridized carbons (Fsp3) is 0.500. The number of hydrogen-bond acceptors (Lipinski definition) is 2. The van der Waals surface area contributed by atoms with E-state index in [0.29, 0.717) is 12.3 Å². The van der Waals surface area contributed by atoms with Crippen LogP contribution in [0.1, 0.15) is 37.3 Å². The number of hydrogen-bond donors (Lipinski definition) is 0. The second kappa shape index (κ2) is 5.69. The summed E-state index contributed by atoms with van der Waals surface area (Å²) in [6.07, 6.45) is 0.456. The molecule has 0 bridgehead atoms. The Balaban J connectivity index is 2.85. The average molecular weight is 220 g/mol. The highest BCUT2D eigenvalue weighted by molar-refractivity contribution is 5.70. The van der Waals surface area contributed by atoms with Gasteiger partial charge >= 0.3 is 5.97 Å². The van der Waals surface area contributed by atoms with Crippen LogP contribution < -0.4 is 0 Å². The zero-order valence-corrected chi connectivity index (χ0v) is 10.5. The summed E-state index contributed by atoms with van der Waals surface area (Å²) in [7, 11) is 1.44. The first-order valence-corrected chi connectivity index (χ1v) is 5.68. The van der Waals surface area contributed by atoms with E-state index in [1.165, 1.54) is 18.2 Å². The summed E-state index contributed by atoms with van der Waals surface area (Å²) < 4.78 is 4.74. The van der Waals surface area contributed by atoms with Gasteiger partial charge in [0.2, 0.25) is 0 Å². The lowest BCUT2D eigenvalue weighted by atomic mass is 9.85. The van der Waals surface area contributed by atoms with Crippen LogP contribution in [0.4, 0.5) is 0 Å². The maximum absolute atomic E-state index is 11.3. The monoisotopic (exact) mass is 220 g/mol. The van der Waals surface area contributed by atoms with E-state index in [4.69, 9.17) is 4.74 Å². The van der Waals surface area contributed by atoms with E-state index in [-0.39, 0.29) is 11.9 Å². The Morgan fingerprint density at radius 3 is 2.25 bits per heavy atom. The highest BCUT2D eigenvalue weighted by Gasteiger charge is 2.19. The van der Waals surface area contributed by atoms with Crippen LogP contribution in [0.25, 0.3) is 0 Å². The molecule has 0 radical (unpaired) electrons. The average Bonchev–Trinajstić information content (AvgIpc) is 2.26. The lowest BCUT2D eigenvalue weighted by Gasteiger charge is -2.20. The number of benzene rings is 1. The largest absolute Gasteiger partial charge is 0.469 e. The summed E-state index contributed by atoms with van der Waals surface area (Å²) in [5.41, 5.74) is 2.45. The fourth-order valence-electron chi connectivity index (χ4n) is 1.81. The first-order valence-electron chi connectivity index (χ1n) is 5.68. The fourth-order valence-corrected chi connectivity index (χ4v) is 1.81. The minimum absolute atomic E-state index is 0.140. The highest BCUT2D eigenvalue weighted by atomic mass is 16.5. The van der Waals surface area contributed by atoms with Crippen molar-refractivity contribution < 1.29 is 9.53 Å². The third-order valence-electron chi connectivity index (χ3n) is 2.92. The summed E-state index contributed by atoms with van der Waals surface area (Å²) in [5, 5.41) is 0. The third kappa shape index (κ3) is 3.37. The van der Waals surface area contributed by atoms with E-state index in [0.717, 1.165) is 0 Å². The molecule has 0 aliphatic rings. The Morgan fingerprint density at radius 1 is 1.25 bits per heavy atom. The first kappa shape index (κ1) is 12.8. The number of ether oxygens (including phenoxy) is 1. The van der Waals surface area contributed by atoms with Crippen molar-refractivity contribution in [2.75, 3.05) is 7.11 Å². The van der Waals surface area contributed by atoms with Crippen molar-refractivity contribution in [3.63, 3.8) is 0 Å². The molecule has 0 heterocycles. The van der Waals surface area contributed by atoms with Gasteiger partial charge in [0, 0.05) is 0 Å². The van der Waals surface area contributed by atoms with E-state index in [1.807, 2.05) is 0 Å². The lowest BCUT2D eigenvalue weighted by molar-refractivity contribution is -0.141. The predicted octanol–water partition coefficient (Wildman–Crippen LogP) is 3.30. The van der Waals surface area contributed by atoms with Crippen LogP contribution in [0.3, 0.4) is 0 Å². The standard InChI is InChI=1S/C14H20O2/c1-10(2)13(9-14(15)16-4)12-7-5-11(3)6-8-12/h5-8,10,13H,9H2,1-4H3. The van der Waals surface area contributed by atoms with Crippen molar-refractivity contribution in [3.05, 3.63) is 35.4 Å². The lowest BCUT2D eigenvalue weighted by Crippen LogP contribution is -2.13. The van der Waals surface area contributed by atoms with Gasteiger partial charge in [-0.1, -0.05) is 43.7 Å². The van der Waals surface area contributed by atoms with Crippen LogP contribution in [0.5, 0.6) is 0 Å². The van der Waals surface area contributed by atoms with Gasteiger partial charge in [-0.3, -0.25) is 4.79 Å². The molecule has 0 aliphatic heterocycles. The van der Waals surface area contributed by atoms with Gasteiger partial charge in [-0.2, -0.15) is 0 Å². The van der Waals surface area contributed by atoms with Crippen molar-refractivity contribution in [2.45, 2.75) is 33.1 Å². The molecule has 0 saturated carbocycles. The maximum Gasteiger partial charge on any atom is 0.306 e. The molecule has 16 heavy (non-hydrogen) atoms. The Labute approximate surface area is 97.6 Å². The summed E-state index contributed by atoms with van der Waals surface area (Å²) in [6, 6.07) is 8.37. The maximum atomic E-state index is 11.3. The van der Waals surface area contributed by atoms with Gasteiger partial charge in [-0.15, -0.1) is 0 Å². The van der Waals surface area contributed by atoms with E-state index < -0.39 is 0 Å². The van der Waals surface area contributed by atoms with Crippen LogP contribution in [0.2, 0.25) is 0 Å². The number of aryl methyl sites for hydroxylation is 1. The minimum atomic E-state index is -0.140. The molecule has 88 valence electrons. The van der Waals surface area contributed by atoms with Gasteiger partial charge in [-0.25, -0.2) is 0 Å². The molecule has 2 nitrogen and oxygen atoms in total. The summed E-state index contributed by atoms with van der Waals surface area (Å²) in [6.45, 7) is 6.33. The normalized spacial score (nSPS) is 12.6. The van der Waals surface area contributed by atoms with Gasteiger partial charge in [0.05, 0.1) is 13.5 Å². The number of carbonyl (C=O) groups excluding carboxylic acids is 1. The van der Waals surface area contributed by atoms with Crippen LogP contribution in [0, 0.1) is 12.8 Å².